The highest BCUT2D eigenvalue weighted by atomic mass is 32.2. The third-order valence-corrected chi connectivity index (χ3v) is 4.74. The number of thioether (sulfide) groups is 1. The van der Waals surface area contributed by atoms with Crippen LogP contribution in [0.1, 0.15) is 33.0 Å². The van der Waals surface area contributed by atoms with Crippen molar-refractivity contribution in [2.45, 2.75) is 38.2 Å². The van der Waals surface area contributed by atoms with Gasteiger partial charge in [0.25, 0.3) is 0 Å². The molecular weight excluding hydrogens is 258 g/mol. The van der Waals surface area contributed by atoms with E-state index in [-0.39, 0.29) is 11.2 Å². The molecule has 0 spiro atoms. The number of carbonyl (C=O) groups is 1. The van der Waals surface area contributed by atoms with Crippen molar-refractivity contribution < 1.29 is 9.21 Å². The van der Waals surface area contributed by atoms with Gasteiger partial charge in [0, 0.05) is 13.1 Å². The molecule has 1 aliphatic heterocycles. The smallest absolute Gasteiger partial charge is 0.235 e. The summed E-state index contributed by atoms with van der Waals surface area (Å²) in [6, 6.07) is 3.84. The summed E-state index contributed by atoms with van der Waals surface area (Å²) in [4.78, 5) is 14.5. The van der Waals surface area contributed by atoms with E-state index in [1.807, 2.05) is 24.0 Å². The Morgan fingerprint density at radius 3 is 2.74 bits per heavy atom. The first-order valence-electron chi connectivity index (χ1n) is 6.99. The Hall–Kier alpha value is -0.900. The number of hydrogen-bond acceptors (Lipinski definition) is 3. The van der Waals surface area contributed by atoms with Crippen LogP contribution in [0.2, 0.25) is 0 Å². The molecule has 3 nitrogen and oxygen atoms in total. The van der Waals surface area contributed by atoms with Gasteiger partial charge in [0.05, 0.1) is 17.3 Å². The van der Waals surface area contributed by atoms with Crippen LogP contribution in [0.4, 0.5) is 0 Å². The first-order valence-corrected chi connectivity index (χ1v) is 8.04. The van der Waals surface area contributed by atoms with Crippen molar-refractivity contribution in [3.63, 3.8) is 0 Å². The van der Waals surface area contributed by atoms with Crippen LogP contribution in [0.5, 0.6) is 0 Å². The minimum absolute atomic E-state index is 0.00241. The highest BCUT2D eigenvalue weighted by molar-refractivity contribution is 7.99. The average Bonchev–Trinajstić information content (AvgIpc) is 2.87. The van der Waals surface area contributed by atoms with E-state index in [1.165, 1.54) is 6.42 Å². The monoisotopic (exact) mass is 281 g/mol. The second-order valence-electron chi connectivity index (χ2n) is 5.72. The van der Waals surface area contributed by atoms with Gasteiger partial charge in [-0.3, -0.25) is 4.79 Å². The molecule has 0 saturated carbocycles. The van der Waals surface area contributed by atoms with Crippen LogP contribution >= 0.6 is 11.8 Å². The maximum Gasteiger partial charge on any atom is 0.235 e. The van der Waals surface area contributed by atoms with Gasteiger partial charge in [-0.25, -0.2) is 0 Å². The first kappa shape index (κ1) is 14.5. The number of amides is 1. The SMILES string of the molecule is CC1CC(C)CN(C(=O)C(C)SCc2ccco2)C1. The summed E-state index contributed by atoms with van der Waals surface area (Å²) in [5.41, 5.74) is 0. The van der Waals surface area contributed by atoms with Crippen molar-refractivity contribution in [3.05, 3.63) is 24.2 Å². The topological polar surface area (TPSA) is 33.5 Å². The van der Waals surface area contributed by atoms with Crippen molar-refractivity contribution in [3.8, 4) is 0 Å². The minimum atomic E-state index is 0.00241. The molecule has 1 amide bonds. The first-order chi connectivity index (χ1) is 9.06. The van der Waals surface area contributed by atoms with Crippen LogP contribution in [0.15, 0.2) is 22.8 Å². The lowest BCUT2D eigenvalue weighted by Crippen LogP contribution is -2.45. The number of furan rings is 1. The van der Waals surface area contributed by atoms with Crippen LogP contribution in [-0.2, 0) is 10.5 Å². The number of nitrogens with zero attached hydrogens (tertiary/aromatic N) is 1. The van der Waals surface area contributed by atoms with E-state index in [9.17, 15) is 4.79 Å². The molecular formula is C15H23NO2S. The summed E-state index contributed by atoms with van der Waals surface area (Å²) in [6.45, 7) is 8.29. The lowest BCUT2D eigenvalue weighted by atomic mass is 9.92. The van der Waals surface area contributed by atoms with Crippen molar-refractivity contribution in [2.75, 3.05) is 13.1 Å². The highest BCUT2D eigenvalue weighted by Crippen LogP contribution is 2.25. The van der Waals surface area contributed by atoms with Crippen molar-refractivity contribution in [2.24, 2.45) is 11.8 Å². The van der Waals surface area contributed by atoms with Crippen LogP contribution in [-0.4, -0.2) is 29.1 Å². The van der Waals surface area contributed by atoms with Crippen LogP contribution in [0.25, 0.3) is 0 Å². The van der Waals surface area contributed by atoms with Gasteiger partial charge in [-0.2, -0.15) is 0 Å². The molecule has 1 aromatic rings. The van der Waals surface area contributed by atoms with E-state index in [4.69, 9.17) is 4.42 Å². The fraction of sp³-hybridized carbons (Fsp3) is 0.667. The summed E-state index contributed by atoms with van der Waals surface area (Å²) in [5.74, 6) is 3.21. The molecule has 4 heteroatoms. The summed E-state index contributed by atoms with van der Waals surface area (Å²) in [6.07, 6.45) is 2.91. The van der Waals surface area contributed by atoms with Gasteiger partial charge in [-0.15, -0.1) is 11.8 Å². The highest BCUT2D eigenvalue weighted by Gasteiger charge is 2.28. The van der Waals surface area contributed by atoms with E-state index >= 15 is 0 Å². The van der Waals surface area contributed by atoms with E-state index in [0.717, 1.165) is 24.6 Å². The van der Waals surface area contributed by atoms with Gasteiger partial charge in [0.2, 0.25) is 5.91 Å². The van der Waals surface area contributed by atoms with Gasteiger partial charge in [0.1, 0.15) is 5.76 Å². The number of rotatable bonds is 4. The van der Waals surface area contributed by atoms with Crippen LogP contribution in [0.3, 0.4) is 0 Å². The molecule has 2 rings (SSSR count). The van der Waals surface area contributed by atoms with Gasteiger partial charge < -0.3 is 9.32 Å². The molecule has 0 aromatic carbocycles. The van der Waals surface area contributed by atoms with Crippen molar-refractivity contribution in [1.29, 1.82) is 0 Å². The van der Waals surface area contributed by atoms with Gasteiger partial charge in [-0.05, 0) is 37.3 Å². The van der Waals surface area contributed by atoms with Crippen LogP contribution < -0.4 is 0 Å². The Morgan fingerprint density at radius 2 is 2.16 bits per heavy atom. The Kier molecular flexibility index (Phi) is 4.97. The molecule has 1 aliphatic rings. The number of piperidine rings is 1. The van der Waals surface area contributed by atoms with Crippen molar-refractivity contribution >= 4 is 17.7 Å². The molecule has 0 N–H and O–H groups in total. The van der Waals surface area contributed by atoms with E-state index < -0.39 is 0 Å². The minimum Gasteiger partial charge on any atom is -0.468 e. The van der Waals surface area contributed by atoms with E-state index in [2.05, 4.69) is 13.8 Å². The predicted octanol–water partition coefficient (Wildman–Crippen LogP) is 3.41. The van der Waals surface area contributed by atoms with Gasteiger partial charge in [0.15, 0.2) is 0 Å². The fourth-order valence-corrected chi connectivity index (χ4v) is 3.64. The van der Waals surface area contributed by atoms with E-state index in [1.54, 1.807) is 18.0 Å². The lowest BCUT2D eigenvalue weighted by molar-refractivity contribution is -0.132. The molecule has 0 radical (unpaired) electrons. The Bertz CT molecular complexity index is 394. The molecule has 19 heavy (non-hydrogen) atoms. The molecule has 0 aliphatic carbocycles. The lowest BCUT2D eigenvalue weighted by Gasteiger charge is -2.36. The summed E-state index contributed by atoms with van der Waals surface area (Å²) in [7, 11) is 0. The maximum atomic E-state index is 12.4. The largest absolute Gasteiger partial charge is 0.468 e. The number of likely N-dealkylation sites (tertiary alicyclic amines) is 1. The molecule has 3 unspecified atom stereocenters. The quantitative estimate of drug-likeness (QED) is 0.848. The molecule has 106 valence electrons. The molecule has 0 bridgehead atoms. The van der Waals surface area contributed by atoms with Crippen LogP contribution in [0, 0.1) is 11.8 Å². The van der Waals surface area contributed by atoms with Crippen molar-refractivity contribution in [1.82, 2.24) is 4.90 Å². The zero-order valence-electron chi connectivity index (χ0n) is 12.0. The zero-order chi connectivity index (χ0) is 13.8. The fourth-order valence-electron chi connectivity index (χ4n) is 2.77. The molecule has 1 saturated heterocycles. The van der Waals surface area contributed by atoms with E-state index in [0.29, 0.717) is 11.8 Å². The second kappa shape index (κ2) is 6.51. The summed E-state index contributed by atoms with van der Waals surface area (Å²) >= 11 is 1.65. The third-order valence-electron chi connectivity index (χ3n) is 3.58. The Labute approximate surface area is 119 Å². The standard InChI is InChI=1S/C15H23NO2S/c1-11-7-12(2)9-16(8-11)15(17)13(3)19-10-14-5-4-6-18-14/h4-6,11-13H,7-10H2,1-3H3. The molecule has 1 aromatic heterocycles. The number of carbonyl (C=O) groups excluding carboxylic acids is 1. The molecule has 1 fully saturated rings. The average molecular weight is 281 g/mol. The predicted molar refractivity (Wildman–Crippen MR) is 79.0 cm³/mol. The Morgan fingerprint density at radius 1 is 1.47 bits per heavy atom. The summed E-state index contributed by atoms with van der Waals surface area (Å²) in [5, 5.41) is 0.00241. The van der Waals surface area contributed by atoms with Gasteiger partial charge >= 0.3 is 0 Å². The zero-order valence-corrected chi connectivity index (χ0v) is 12.8. The molecule has 2 heterocycles. The second-order valence-corrected chi connectivity index (χ2v) is 7.05. The number of hydrogen-bond donors (Lipinski definition) is 0. The molecule has 3 atom stereocenters. The normalized spacial score (nSPS) is 25.3. The van der Waals surface area contributed by atoms with Gasteiger partial charge in [-0.1, -0.05) is 13.8 Å². The maximum absolute atomic E-state index is 12.4. The summed E-state index contributed by atoms with van der Waals surface area (Å²) < 4.78 is 5.30. The third kappa shape index (κ3) is 4.03. The Balaban J connectivity index is 1.84.